The van der Waals surface area contributed by atoms with Gasteiger partial charge < -0.3 is 10.6 Å². The van der Waals surface area contributed by atoms with E-state index in [1.54, 1.807) is 14.2 Å². The van der Waals surface area contributed by atoms with E-state index in [0.717, 1.165) is 25.8 Å². The van der Waals surface area contributed by atoms with Gasteiger partial charge in [0.2, 0.25) is 11.9 Å². The van der Waals surface area contributed by atoms with Crippen LogP contribution in [0.4, 0.5) is 17.8 Å². The molecule has 7 heteroatoms. The highest BCUT2D eigenvalue weighted by atomic mass is 16.7. The summed E-state index contributed by atoms with van der Waals surface area (Å²) in [4.78, 5) is 18.0. The third kappa shape index (κ3) is 6.27. The lowest BCUT2D eigenvalue weighted by molar-refractivity contribution is 0.180. The zero-order valence-electron chi connectivity index (χ0n) is 13.2. The number of hydrogen-bond acceptors (Lipinski definition) is 7. The van der Waals surface area contributed by atoms with Gasteiger partial charge in [0.25, 0.3) is 5.95 Å². The van der Waals surface area contributed by atoms with Crippen LogP contribution in [0.15, 0.2) is 0 Å². The number of nitrogens with one attached hydrogen (secondary N) is 2. The summed E-state index contributed by atoms with van der Waals surface area (Å²) in [6, 6.07) is 0. The van der Waals surface area contributed by atoms with Crippen molar-refractivity contribution in [2.24, 2.45) is 0 Å². The van der Waals surface area contributed by atoms with Gasteiger partial charge in [0.05, 0.1) is 7.11 Å². The van der Waals surface area contributed by atoms with Gasteiger partial charge in [0.1, 0.15) is 0 Å². The number of nitrogens with zero attached hydrogens (tertiary/aromatic N) is 4. The summed E-state index contributed by atoms with van der Waals surface area (Å²) in [6.45, 7) is 5.62. The Hall–Kier alpha value is -2.07. The summed E-state index contributed by atoms with van der Waals surface area (Å²) in [7, 11) is 3.31. The van der Waals surface area contributed by atoms with Crippen LogP contribution >= 0.6 is 0 Å². The molecule has 0 fully saturated rings. The van der Waals surface area contributed by atoms with E-state index in [4.69, 9.17) is 4.84 Å². The van der Waals surface area contributed by atoms with Crippen molar-refractivity contribution in [1.82, 2.24) is 15.0 Å². The van der Waals surface area contributed by atoms with Gasteiger partial charge in [-0.1, -0.05) is 13.8 Å². The second-order valence-corrected chi connectivity index (χ2v) is 4.27. The molecule has 0 amide bonds. The smallest absolute Gasteiger partial charge is 0.256 e. The van der Waals surface area contributed by atoms with Crippen LogP contribution in [0, 0.1) is 11.8 Å². The SMILES string of the molecule is CCC#CCCNc1nc(NCCC)nc(N(C)OC)n1. The molecule has 1 heterocycles. The van der Waals surface area contributed by atoms with E-state index >= 15 is 0 Å². The molecule has 0 spiro atoms. The molecule has 0 saturated heterocycles. The van der Waals surface area contributed by atoms with Crippen LogP contribution in [0.2, 0.25) is 0 Å². The Morgan fingerprint density at radius 1 is 1.05 bits per heavy atom. The predicted molar refractivity (Wildman–Crippen MR) is 85.2 cm³/mol. The molecule has 21 heavy (non-hydrogen) atoms. The average molecular weight is 292 g/mol. The molecule has 116 valence electrons. The molecule has 0 bridgehead atoms. The number of anilines is 3. The number of aromatic nitrogens is 3. The fourth-order valence-corrected chi connectivity index (χ4v) is 1.43. The van der Waals surface area contributed by atoms with Gasteiger partial charge in [-0.05, 0) is 6.42 Å². The van der Waals surface area contributed by atoms with Gasteiger partial charge in [-0.25, -0.2) is 5.06 Å². The number of rotatable bonds is 8. The molecule has 2 N–H and O–H groups in total. The van der Waals surface area contributed by atoms with Crippen LogP contribution in [0.5, 0.6) is 0 Å². The zero-order valence-corrected chi connectivity index (χ0v) is 13.2. The maximum absolute atomic E-state index is 5.11. The third-order valence-electron chi connectivity index (χ3n) is 2.55. The van der Waals surface area contributed by atoms with Crippen LogP contribution in [0.1, 0.15) is 33.1 Å². The van der Waals surface area contributed by atoms with Gasteiger partial charge in [0, 0.05) is 33.0 Å². The van der Waals surface area contributed by atoms with Gasteiger partial charge in [0.15, 0.2) is 0 Å². The largest absolute Gasteiger partial charge is 0.354 e. The summed E-state index contributed by atoms with van der Waals surface area (Å²) >= 11 is 0. The second-order valence-electron chi connectivity index (χ2n) is 4.27. The first-order chi connectivity index (χ1) is 10.2. The fraction of sp³-hybridized carbons (Fsp3) is 0.643. The van der Waals surface area contributed by atoms with Crippen LogP contribution in [0.3, 0.4) is 0 Å². The van der Waals surface area contributed by atoms with Crippen LogP contribution in [-0.2, 0) is 4.84 Å². The Labute approximate surface area is 126 Å². The molecule has 0 aromatic carbocycles. The van der Waals surface area contributed by atoms with E-state index in [9.17, 15) is 0 Å². The quantitative estimate of drug-likeness (QED) is 0.430. The standard InChI is InChI=1S/C14H24N6O/c1-5-7-8-9-11-16-13-17-12(15-10-6-2)18-14(19-13)20(3)21-4/h5-6,9-11H2,1-4H3,(H2,15,16,17,18,19). The zero-order chi connectivity index (χ0) is 15.5. The maximum atomic E-state index is 5.11. The van der Waals surface area contributed by atoms with E-state index in [-0.39, 0.29) is 0 Å². The molecule has 0 aliphatic rings. The summed E-state index contributed by atoms with van der Waals surface area (Å²) < 4.78 is 0. The van der Waals surface area contributed by atoms with Crippen molar-refractivity contribution >= 4 is 17.8 Å². The molecule has 1 rings (SSSR count). The monoisotopic (exact) mass is 292 g/mol. The molecule has 0 atom stereocenters. The van der Waals surface area contributed by atoms with Crippen molar-refractivity contribution in [1.29, 1.82) is 0 Å². The molecular formula is C14H24N6O. The first-order valence-corrected chi connectivity index (χ1v) is 7.18. The Balaban J connectivity index is 2.75. The molecule has 0 aliphatic heterocycles. The Morgan fingerprint density at radius 3 is 2.29 bits per heavy atom. The summed E-state index contributed by atoms with van der Waals surface area (Å²) in [5.41, 5.74) is 0. The molecule has 0 radical (unpaired) electrons. The molecular weight excluding hydrogens is 268 g/mol. The van der Waals surface area contributed by atoms with Gasteiger partial charge in [-0.2, -0.15) is 15.0 Å². The lowest BCUT2D eigenvalue weighted by Gasteiger charge is -2.15. The predicted octanol–water partition coefficient (Wildman–Crippen LogP) is 1.91. The highest BCUT2D eigenvalue weighted by Gasteiger charge is 2.09. The van der Waals surface area contributed by atoms with E-state index < -0.39 is 0 Å². The third-order valence-corrected chi connectivity index (χ3v) is 2.55. The van der Waals surface area contributed by atoms with Crippen molar-refractivity contribution in [3.63, 3.8) is 0 Å². The average Bonchev–Trinajstić information content (AvgIpc) is 2.51. The van der Waals surface area contributed by atoms with Gasteiger partial charge >= 0.3 is 0 Å². The fourth-order valence-electron chi connectivity index (χ4n) is 1.43. The van der Waals surface area contributed by atoms with Crippen molar-refractivity contribution < 1.29 is 4.84 Å². The van der Waals surface area contributed by atoms with Crippen LogP contribution < -0.4 is 15.7 Å². The highest BCUT2D eigenvalue weighted by Crippen LogP contribution is 2.12. The molecule has 1 aromatic rings. The number of hydroxylamine groups is 1. The summed E-state index contributed by atoms with van der Waals surface area (Å²) in [5.74, 6) is 7.60. The van der Waals surface area contributed by atoms with E-state index in [2.05, 4.69) is 44.4 Å². The van der Waals surface area contributed by atoms with Crippen molar-refractivity contribution in [2.75, 3.05) is 42.9 Å². The Morgan fingerprint density at radius 2 is 1.71 bits per heavy atom. The van der Waals surface area contributed by atoms with E-state index in [1.807, 2.05) is 6.92 Å². The first kappa shape index (κ1) is 17.0. The minimum absolute atomic E-state index is 0.452. The Bertz CT molecular complexity index is 482. The normalized spacial score (nSPS) is 9.71. The highest BCUT2D eigenvalue weighted by molar-refractivity contribution is 5.42. The minimum Gasteiger partial charge on any atom is -0.354 e. The molecule has 7 nitrogen and oxygen atoms in total. The van der Waals surface area contributed by atoms with E-state index in [1.165, 1.54) is 5.06 Å². The van der Waals surface area contributed by atoms with E-state index in [0.29, 0.717) is 24.4 Å². The van der Waals surface area contributed by atoms with Crippen LogP contribution in [-0.4, -0.2) is 42.2 Å². The Kier molecular flexibility index (Phi) is 7.90. The molecule has 0 saturated carbocycles. The van der Waals surface area contributed by atoms with Gasteiger partial charge in [-0.15, -0.1) is 11.8 Å². The first-order valence-electron chi connectivity index (χ1n) is 7.18. The lowest BCUT2D eigenvalue weighted by atomic mass is 10.4. The minimum atomic E-state index is 0.452. The summed E-state index contributed by atoms with van der Waals surface area (Å²) in [6.07, 6.45) is 2.63. The maximum Gasteiger partial charge on any atom is 0.256 e. The number of hydrogen-bond donors (Lipinski definition) is 2. The topological polar surface area (TPSA) is 75.2 Å². The van der Waals surface area contributed by atoms with Gasteiger partial charge in [-0.3, -0.25) is 4.84 Å². The lowest BCUT2D eigenvalue weighted by Crippen LogP contribution is -2.20. The van der Waals surface area contributed by atoms with Crippen molar-refractivity contribution in [3.8, 4) is 11.8 Å². The molecule has 1 aromatic heterocycles. The molecule has 0 aliphatic carbocycles. The molecule has 0 unspecified atom stereocenters. The summed E-state index contributed by atoms with van der Waals surface area (Å²) in [5, 5.41) is 7.79. The van der Waals surface area contributed by atoms with Crippen molar-refractivity contribution in [3.05, 3.63) is 0 Å². The van der Waals surface area contributed by atoms with Crippen LogP contribution in [0.25, 0.3) is 0 Å². The second kappa shape index (κ2) is 9.77. The van der Waals surface area contributed by atoms with Crippen molar-refractivity contribution in [2.45, 2.75) is 33.1 Å².